The van der Waals surface area contributed by atoms with Crippen LogP contribution in [-0.4, -0.2) is 76.7 Å². The average molecular weight is 363 g/mol. The minimum Gasteiger partial charge on any atom is -0.497 e. The van der Waals surface area contributed by atoms with E-state index in [9.17, 15) is 9.59 Å². The van der Waals surface area contributed by atoms with Crippen LogP contribution in [0.5, 0.6) is 5.75 Å². The fourth-order valence-corrected chi connectivity index (χ4v) is 3.02. The van der Waals surface area contributed by atoms with Crippen molar-refractivity contribution in [3.63, 3.8) is 0 Å². The number of piperazine rings is 1. The Morgan fingerprint density at radius 2 is 1.88 bits per heavy atom. The molecule has 1 heterocycles. The molecule has 0 radical (unpaired) electrons. The lowest BCUT2D eigenvalue weighted by molar-refractivity contribution is -0.892. The van der Waals surface area contributed by atoms with Crippen LogP contribution in [0.1, 0.15) is 13.3 Å². The zero-order chi connectivity index (χ0) is 18.9. The van der Waals surface area contributed by atoms with E-state index in [4.69, 9.17) is 4.74 Å². The van der Waals surface area contributed by atoms with E-state index in [-0.39, 0.29) is 18.4 Å². The molecule has 7 nitrogen and oxygen atoms in total. The van der Waals surface area contributed by atoms with Crippen molar-refractivity contribution in [3.05, 3.63) is 24.3 Å². The van der Waals surface area contributed by atoms with Gasteiger partial charge in [0.05, 0.1) is 39.8 Å². The van der Waals surface area contributed by atoms with Gasteiger partial charge in [-0.25, -0.2) is 0 Å². The Morgan fingerprint density at radius 3 is 2.46 bits per heavy atom. The van der Waals surface area contributed by atoms with Gasteiger partial charge in [0.2, 0.25) is 5.91 Å². The molecule has 0 saturated carbocycles. The Morgan fingerprint density at radius 1 is 1.23 bits per heavy atom. The largest absolute Gasteiger partial charge is 0.497 e. The molecule has 1 aliphatic rings. The van der Waals surface area contributed by atoms with E-state index in [0.717, 1.165) is 38.3 Å². The Balaban J connectivity index is 1.75. The number of nitrogens with zero attached hydrogens (tertiary/aromatic N) is 2. The molecule has 2 amide bonds. The smallest absolute Gasteiger partial charge is 0.277 e. The predicted molar refractivity (Wildman–Crippen MR) is 102 cm³/mol. The van der Waals surface area contributed by atoms with Crippen LogP contribution in [0.3, 0.4) is 0 Å². The molecular weight excluding hydrogens is 332 g/mol. The highest BCUT2D eigenvalue weighted by Crippen LogP contribution is 2.18. The molecule has 0 spiro atoms. The molecule has 1 aromatic rings. The molecule has 26 heavy (non-hydrogen) atoms. The number of ether oxygens (including phenoxy) is 1. The maximum atomic E-state index is 12.3. The first kappa shape index (κ1) is 20.0. The van der Waals surface area contributed by atoms with Crippen LogP contribution < -0.4 is 19.9 Å². The van der Waals surface area contributed by atoms with E-state index in [2.05, 4.69) is 22.3 Å². The number of hydrogen-bond acceptors (Lipinski definition) is 4. The highest BCUT2D eigenvalue weighted by Gasteiger charge is 2.24. The van der Waals surface area contributed by atoms with E-state index < -0.39 is 0 Å². The number of methoxy groups -OCH3 is 1. The second kappa shape index (κ2) is 10.0. The van der Waals surface area contributed by atoms with Gasteiger partial charge < -0.3 is 24.8 Å². The molecule has 1 saturated heterocycles. The molecule has 144 valence electrons. The third-order valence-corrected chi connectivity index (χ3v) is 4.69. The predicted octanol–water partition coefficient (Wildman–Crippen LogP) is -0.615. The lowest BCUT2D eigenvalue weighted by Crippen LogP contribution is -3.15. The number of anilines is 1. The standard InChI is InChI=1S/C19H30N4O3/c1-4-9-20-18(24)14-21(2)19(25)15-22-10-12-23(13-11-22)16-5-7-17(26-3)8-6-16/h5-8H,4,9-15H2,1-3H3,(H,20,24)/p+1. The zero-order valence-electron chi connectivity index (χ0n) is 16.1. The van der Waals surface area contributed by atoms with Crippen LogP contribution in [0, 0.1) is 0 Å². The van der Waals surface area contributed by atoms with Gasteiger partial charge in [0.25, 0.3) is 5.91 Å². The van der Waals surface area contributed by atoms with Gasteiger partial charge in [-0.15, -0.1) is 0 Å². The summed E-state index contributed by atoms with van der Waals surface area (Å²) in [6, 6.07) is 8.07. The normalized spacial score (nSPS) is 14.8. The first-order valence-corrected chi connectivity index (χ1v) is 9.26. The third-order valence-electron chi connectivity index (χ3n) is 4.69. The van der Waals surface area contributed by atoms with Crippen molar-refractivity contribution in [3.8, 4) is 5.75 Å². The van der Waals surface area contributed by atoms with Crippen LogP contribution in [0.15, 0.2) is 24.3 Å². The Labute approximate surface area is 155 Å². The van der Waals surface area contributed by atoms with Gasteiger partial charge in [0.15, 0.2) is 6.54 Å². The summed E-state index contributed by atoms with van der Waals surface area (Å²) < 4.78 is 5.20. The van der Waals surface area contributed by atoms with Crippen molar-refractivity contribution in [2.75, 3.05) is 64.9 Å². The molecule has 2 N–H and O–H groups in total. The average Bonchev–Trinajstić information content (AvgIpc) is 2.67. The number of amides is 2. The first-order chi connectivity index (χ1) is 12.5. The summed E-state index contributed by atoms with van der Waals surface area (Å²) >= 11 is 0. The van der Waals surface area contributed by atoms with Crippen LogP contribution in [-0.2, 0) is 9.59 Å². The summed E-state index contributed by atoms with van der Waals surface area (Å²) in [5, 5.41) is 2.80. The highest BCUT2D eigenvalue weighted by atomic mass is 16.5. The molecule has 0 atom stereocenters. The van der Waals surface area contributed by atoms with Gasteiger partial charge in [0.1, 0.15) is 5.75 Å². The van der Waals surface area contributed by atoms with Gasteiger partial charge in [-0.3, -0.25) is 9.59 Å². The molecule has 1 aromatic carbocycles. The minimum absolute atomic E-state index is 0.0181. The molecule has 0 aliphatic carbocycles. The van der Waals surface area contributed by atoms with Crippen molar-refractivity contribution >= 4 is 17.5 Å². The zero-order valence-corrected chi connectivity index (χ0v) is 16.1. The first-order valence-electron chi connectivity index (χ1n) is 9.26. The summed E-state index contributed by atoms with van der Waals surface area (Å²) in [5.74, 6) is 0.779. The van der Waals surface area contributed by atoms with E-state index >= 15 is 0 Å². The maximum Gasteiger partial charge on any atom is 0.277 e. The van der Waals surface area contributed by atoms with Crippen molar-refractivity contribution in [1.29, 1.82) is 0 Å². The summed E-state index contributed by atoms with van der Waals surface area (Å²) in [5.41, 5.74) is 1.18. The summed E-state index contributed by atoms with van der Waals surface area (Å²) in [6.45, 7) is 6.87. The monoisotopic (exact) mass is 363 g/mol. The molecular formula is C19H31N4O3+. The van der Waals surface area contributed by atoms with Gasteiger partial charge in [-0.2, -0.15) is 0 Å². The van der Waals surface area contributed by atoms with Crippen molar-refractivity contribution in [2.45, 2.75) is 13.3 Å². The molecule has 2 rings (SSSR count). The van der Waals surface area contributed by atoms with Crippen LogP contribution in [0.4, 0.5) is 5.69 Å². The van der Waals surface area contributed by atoms with Gasteiger partial charge in [-0.05, 0) is 30.7 Å². The van der Waals surface area contributed by atoms with E-state index in [1.807, 2.05) is 19.1 Å². The van der Waals surface area contributed by atoms with Gasteiger partial charge in [-0.1, -0.05) is 6.92 Å². The van der Waals surface area contributed by atoms with Crippen LogP contribution >= 0.6 is 0 Å². The van der Waals surface area contributed by atoms with E-state index in [0.29, 0.717) is 13.1 Å². The Hall–Kier alpha value is -2.28. The van der Waals surface area contributed by atoms with Gasteiger partial charge in [0, 0.05) is 19.3 Å². The van der Waals surface area contributed by atoms with Crippen molar-refractivity contribution in [2.24, 2.45) is 0 Å². The number of carbonyl (C=O) groups excluding carboxylic acids is 2. The van der Waals surface area contributed by atoms with Crippen LogP contribution in [0.25, 0.3) is 0 Å². The summed E-state index contributed by atoms with van der Waals surface area (Å²) in [7, 11) is 3.36. The number of carbonyl (C=O) groups is 2. The number of rotatable bonds is 8. The second-order valence-electron chi connectivity index (χ2n) is 6.71. The van der Waals surface area contributed by atoms with Crippen molar-refractivity contribution in [1.82, 2.24) is 10.2 Å². The fourth-order valence-electron chi connectivity index (χ4n) is 3.02. The molecule has 1 aliphatic heterocycles. The maximum absolute atomic E-state index is 12.3. The van der Waals surface area contributed by atoms with E-state index in [1.54, 1.807) is 14.2 Å². The molecule has 7 heteroatoms. The van der Waals surface area contributed by atoms with E-state index in [1.165, 1.54) is 15.5 Å². The van der Waals surface area contributed by atoms with Gasteiger partial charge >= 0.3 is 0 Å². The topological polar surface area (TPSA) is 66.3 Å². The number of hydrogen-bond donors (Lipinski definition) is 2. The summed E-state index contributed by atoms with van der Waals surface area (Å²) in [6.07, 6.45) is 0.895. The number of benzene rings is 1. The van der Waals surface area contributed by atoms with Crippen LogP contribution in [0.2, 0.25) is 0 Å². The molecule has 1 fully saturated rings. The molecule has 0 unspecified atom stereocenters. The fraction of sp³-hybridized carbons (Fsp3) is 0.579. The second-order valence-corrected chi connectivity index (χ2v) is 6.71. The molecule has 0 bridgehead atoms. The Bertz CT molecular complexity index is 583. The molecule has 0 aromatic heterocycles. The summed E-state index contributed by atoms with van der Waals surface area (Å²) in [4.78, 5) is 29.2. The minimum atomic E-state index is -0.0953. The quantitative estimate of drug-likeness (QED) is 0.646. The number of quaternary nitrogens is 1. The third kappa shape index (κ3) is 5.91. The number of likely N-dealkylation sites (N-methyl/N-ethyl adjacent to an activating group) is 1. The lowest BCUT2D eigenvalue weighted by atomic mass is 10.2. The highest BCUT2D eigenvalue weighted by molar-refractivity contribution is 5.84. The lowest BCUT2D eigenvalue weighted by Gasteiger charge is -2.34. The number of nitrogens with one attached hydrogen (secondary N) is 2. The SMILES string of the molecule is CCCNC(=O)CN(C)C(=O)C[NH+]1CCN(c2ccc(OC)cc2)CC1. The van der Waals surface area contributed by atoms with Crippen molar-refractivity contribution < 1.29 is 19.2 Å². The Kier molecular flexibility index (Phi) is 7.72.